The van der Waals surface area contributed by atoms with Crippen molar-refractivity contribution >= 4 is 16.9 Å². The Labute approximate surface area is 141 Å². The summed E-state index contributed by atoms with van der Waals surface area (Å²) in [5.74, 6) is 0.125. The summed E-state index contributed by atoms with van der Waals surface area (Å²) in [5.41, 5.74) is 2.55. The molecule has 1 aromatic carbocycles. The number of hydrogen-bond donors (Lipinski definition) is 1. The fraction of sp³-hybridized carbons (Fsp3) is 0.556. The average Bonchev–Trinajstić information content (AvgIpc) is 2.96. The van der Waals surface area contributed by atoms with Crippen LogP contribution < -0.4 is 0 Å². The third-order valence-electron chi connectivity index (χ3n) is 5.19. The number of benzene rings is 1. The van der Waals surface area contributed by atoms with Crippen LogP contribution in [0.1, 0.15) is 29.6 Å². The lowest BCUT2D eigenvalue weighted by Crippen LogP contribution is -2.42. The third kappa shape index (κ3) is 3.16. The van der Waals surface area contributed by atoms with E-state index in [-0.39, 0.29) is 5.91 Å². The molecule has 6 heteroatoms. The van der Waals surface area contributed by atoms with Crippen molar-refractivity contribution in [3.05, 3.63) is 30.1 Å². The van der Waals surface area contributed by atoms with E-state index in [9.17, 15) is 4.79 Å². The molecule has 2 aliphatic heterocycles. The smallest absolute Gasteiger partial charge is 0.253 e. The maximum atomic E-state index is 12.9. The summed E-state index contributed by atoms with van der Waals surface area (Å²) in [4.78, 5) is 24.7. The summed E-state index contributed by atoms with van der Waals surface area (Å²) in [6, 6.07) is 6.32. The molecule has 6 nitrogen and oxygen atoms in total. The van der Waals surface area contributed by atoms with Crippen LogP contribution in [0.15, 0.2) is 24.5 Å². The highest BCUT2D eigenvalue weighted by atomic mass is 16.5. The van der Waals surface area contributed by atoms with Crippen LogP contribution in [0.5, 0.6) is 0 Å². The molecule has 1 aromatic heterocycles. The second-order valence-electron chi connectivity index (χ2n) is 6.66. The van der Waals surface area contributed by atoms with E-state index in [4.69, 9.17) is 4.74 Å². The van der Waals surface area contributed by atoms with Gasteiger partial charge in [0, 0.05) is 51.0 Å². The monoisotopic (exact) mass is 328 g/mol. The van der Waals surface area contributed by atoms with E-state index >= 15 is 0 Å². The molecule has 0 aliphatic carbocycles. The summed E-state index contributed by atoms with van der Waals surface area (Å²) in [6.07, 6.45) is 4.93. The fourth-order valence-electron chi connectivity index (χ4n) is 3.81. The Kier molecular flexibility index (Phi) is 4.49. The number of aromatic nitrogens is 2. The maximum absolute atomic E-state index is 12.9. The molecule has 1 N–H and O–H groups in total. The van der Waals surface area contributed by atoms with Crippen LogP contribution in [-0.2, 0) is 4.74 Å². The molecular formula is C18H24N4O2. The normalized spacial score (nSPS) is 21.1. The van der Waals surface area contributed by atoms with Crippen molar-refractivity contribution < 1.29 is 9.53 Å². The van der Waals surface area contributed by atoms with Gasteiger partial charge in [0.05, 0.1) is 17.4 Å². The average molecular weight is 328 g/mol. The molecule has 0 unspecified atom stereocenters. The summed E-state index contributed by atoms with van der Waals surface area (Å²) in [6.45, 7) is 5.41. The number of nitrogens with one attached hydrogen (secondary N) is 1. The molecule has 0 atom stereocenters. The van der Waals surface area contributed by atoms with Gasteiger partial charge >= 0.3 is 0 Å². The first kappa shape index (κ1) is 15.6. The topological polar surface area (TPSA) is 61.5 Å². The number of imidazole rings is 1. The Morgan fingerprint density at radius 3 is 2.92 bits per heavy atom. The van der Waals surface area contributed by atoms with Gasteiger partial charge in [-0.05, 0) is 37.5 Å². The number of rotatable bonds is 2. The van der Waals surface area contributed by atoms with Crippen LogP contribution in [0.25, 0.3) is 11.0 Å². The third-order valence-corrected chi connectivity index (χ3v) is 5.19. The second kappa shape index (κ2) is 6.91. The number of ether oxygens (including phenoxy) is 1. The molecular weight excluding hydrogens is 304 g/mol. The lowest BCUT2D eigenvalue weighted by molar-refractivity contribution is 0.0351. The number of carbonyl (C=O) groups is 1. The summed E-state index contributed by atoms with van der Waals surface area (Å²) in [5, 5.41) is 0. The quantitative estimate of drug-likeness (QED) is 0.914. The van der Waals surface area contributed by atoms with Gasteiger partial charge in [0.25, 0.3) is 5.91 Å². The Hall–Kier alpha value is -1.92. The first-order valence-corrected chi connectivity index (χ1v) is 8.85. The van der Waals surface area contributed by atoms with Crippen LogP contribution in [0, 0.1) is 0 Å². The predicted octanol–water partition coefficient (Wildman–Crippen LogP) is 1.89. The lowest BCUT2D eigenvalue weighted by atomic mass is 10.1. The molecule has 0 radical (unpaired) electrons. The second-order valence-corrected chi connectivity index (χ2v) is 6.66. The molecule has 1 amide bonds. The van der Waals surface area contributed by atoms with E-state index in [2.05, 4.69) is 14.9 Å². The minimum absolute atomic E-state index is 0.125. The van der Waals surface area contributed by atoms with Crippen molar-refractivity contribution in [3.63, 3.8) is 0 Å². The molecule has 2 aliphatic rings. The van der Waals surface area contributed by atoms with Gasteiger partial charge in [0.2, 0.25) is 0 Å². The number of H-pyrrole nitrogens is 1. The largest absolute Gasteiger partial charge is 0.381 e. The molecule has 2 saturated heterocycles. The molecule has 2 fully saturated rings. The zero-order chi connectivity index (χ0) is 16.4. The van der Waals surface area contributed by atoms with Gasteiger partial charge in [-0.25, -0.2) is 4.98 Å². The van der Waals surface area contributed by atoms with Crippen LogP contribution in [0.4, 0.5) is 0 Å². The van der Waals surface area contributed by atoms with E-state index in [0.717, 1.165) is 75.3 Å². The van der Waals surface area contributed by atoms with Crippen molar-refractivity contribution in [2.24, 2.45) is 0 Å². The molecule has 2 aromatic rings. The first-order chi connectivity index (χ1) is 11.8. The number of nitrogens with zero attached hydrogens (tertiary/aromatic N) is 3. The van der Waals surface area contributed by atoms with E-state index in [0.29, 0.717) is 6.04 Å². The van der Waals surface area contributed by atoms with Crippen molar-refractivity contribution in [2.45, 2.75) is 25.3 Å². The number of fused-ring (bicyclic) bond motifs is 1. The summed E-state index contributed by atoms with van der Waals surface area (Å²) in [7, 11) is 0. The Morgan fingerprint density at radius 1 is 1.17 bits per heavy atom. The van der Waals surface area contributed by atoms with E-state index in [1.807, 2.05) is 23.1 Å². The van der Waals surface area contributed by atoms with Crippen molar-refractivity contribution in [1.82, 2.24) is 19.8 Å². The number of amides is 1. The van der Waals surface area contributed by atoms with Gasteiger partial charge < -0.3 is 14.6 Å². The fourth-order valence-corrected chi connectivity index (χ4v) is 3.81. The van der Waals surface area contributed by atoms with Gasteiger partial charge in [-0.15, -0.1) is 0 Å². The molecule has 3 heterocycles. The minimum Gasteiger partial charge on any atom is -0.381 e. The molecule has 24 heavy (non-hydrogen) atoms. The standard InChI is InChI=1S/C18H24N4O2/c23-18(14-2-3-16-17(12-14)20-13-19-16)22-7-1-6-21(8-9-22)15-4-10-24-11-5-15/h2-3,12-13,15H,1,4-11H2,(H,19,20). The van der Waals surface area contributed by atoms with Gasteiger partial charge in [0.1, 0.15) is 0 Å². The minimum atomic E-state index is 0.125. The molecule has 4 rings (SSSR count). The highest BCUT2D eigenvalue weighted by Crippen LogP contribution is 2.18. The maximum Gasteiger partial charge on any atom is 0.253 e. The van der Waals surface area contributed by atoms with Gasteiger partial charge in [-0.2, -0.15) is 0 Å². The summed E-state index contributed by atoms with van der Waals surface area (Å²) >= 11 is 0. The number of aromatic amines is 1. The van der Waals surface area contributed by atoms with Crippen molar-refractivity contribution in [2.75, 3.05) is 39.4 Å². The van der Waals surface area contributed by atoms with Gasteiger partial charge in [-0.1, -0.05) is 0 Å². The zero-order valence-corrected chi connectivity index (χ0v) is 13.9. The van der Waals surface area contributed by atoms with Crippen molar-refractivity contribution in [3.8, 4) is 0 Å². The highest BCUT2D eigenvalue weighted by molar-refractivity contribution is 5.97. The molecule has 0 bridgehead atoms. The molecule has 128 valence electrons. The number of carbonyl (C=O) groups excluding carboxylic acids is 1. The zero-order valence-electron chi connectivity index (χ0n) is 13.9. The Bertz CT molecular complexity index is 708. The van der Waals surface area contributed by atoms with Crippen LogP contribution in [0.3, 0.4) is 0 Å². The first-order valence-electron chi connectivity index (χ1n) is 8.85. The van der Waals surface area contributed by atoms with Crippen molar-refractivity contribution in [1.29, 1.82) is 0 Å². The van der Waals surface area contributed by atoms with Gasteiger partial charge in [-0.3, -0.25) is 9.69 Å². The van der Waals surface area contributed by atoms with Crippen LogP contribution in [0.2, 0.25) is 0 Å². The Morgan fingerprint density at radius 2 is 2.04 bits per heavy atom. The van der Waals surface area contributed by atoms with Crippen LogP contribution in [-0.4, -0.2) is 71.1 Å². The number of hydrogen-bond acceptors (Lipinski definition) is 4. The Balaban J connectivity index is 1.43. The molecule has 0 saturated carbocycles. The molecule has 0 spiro atoms. The van der Waals surface area contributed by atoms with E-state index in [1.165, 1.54) is 0 Å². The SMILES string of the molecule is O=C(c1ccc2nc[nH]c2c1)N1CCCN(C2CCOCC2)CC1. The van der Waals surface area contributed by atoms with Crippen LogP contribution >= 0.6 is 0 Å². The van der Waals surface area contributed by atoms with Gasteiger partial charge in [0.15, 0.2) is 0 Å². The lowest BCUT2D eigenvalue weighted by Gasteiger charge is -2.33. The summed E-state index contributed by atoms with van der Waals surface area (Å²) < 4.78 is 5.47. The van der Waals surface area contributed by atoms with E-state index < -0.39 is 0 Å². The highest BCUT2D eigenvalue weighted by Gasteiger charge is 2.26. The van der Waals surface area contributed by atoms with E-state index in [1.54, 1.807) is 6.33 Å². The predicted molar refractivity (Wildman–Crippen MR) is 92.0 cm³/mol.